The lowest BCUT2D eigenvalue weighted by Gasteiger charge is -2.10. The number of anilines is 1. The molecule has 0 spiro atoms. The monoisotopic (exact) mass is 506 g/mol. The van der Waals surface area contributed by atoms with Crippen LogP contribution in [0.15, 0.2) is 83.6 Å². The van der Waals surface area contributed by atoms with E-state index in [1.165, 1.54) is 41.3 Å². The number of nitrogens with zero attached hydrogens (tertiary/aromatic N) is 5. The summed E-state index contributed by atoms with van der Waals surface area (Å²) < 4.78 is 30.2. The molecule has 0 bridgehead atoms. The van der Waals surface area contributed by atoms with Crippen molar-refractivity contribution in [1.29, 1.82) is 0 Å². The summed E-state index contributed by atoms with van der Waals surface area (Å²) in [6.07, 6.45) is 3.28. The third kappa shape index (κ3) is 4.96. The van der Waals surface area contributed by atoms with Crippen LogP contribution in [0.5, 0.6) is 0 Å². The summed E-state index contributed by atoms with van der Waals surface area (Å²) >= 11 is 2.60. The third-order valence-electron chi connectivity index (χ3n) is 4.88. The predicted octanol–water partition coefficient (Wildman–Crippen LogP) is 5.61. The second kappa shape index (κ2) is 10.1. The standard InChI is InChI=1S/C24H16F2N6OS2/c25-16-7-1-3-9-18(16)29-23(33)19-13-34-21(28-19)14-35-24-31-30-22(15-6-5-11-27-12-15)32(24)20-10-4-2-8-17(20)26/h1-13H,14H2,(H,29,33). The minimum atomic E-state index is -0.524. The molecule has 0 unspecified atom stereocenters. The molecule has 3 heterocycles. The largest absolute Gasteiger partial charge is 0.318 e. The molecule has 1 amide bonds. The van der Waals surface area contributed by atoms with Crippen molar-refractivity contribution in [2.24, 2.45) is 0 Å². The minimum Gasteiger partial charge on any atom is -0.318 e. The average molecular weight is 507 g/mol. The van der Waals surface area contributed by atoms with Crippen molar-refractivity contribution in [3.05, 3.63) is 101 Å². The number of thioether (sulfide) groups is 1. The molecule has 7 nitrogen and oxygen atoms in total. The van der Waals surface area contributed by atoms with Gasteiger partial charge in [-0.1, -0.05) is 36.0 Å². The van der Waals surface area contributed by atoms with Crippen LogP contribution in [0.3, 0.4) is 0 Å². The van der Waals surface area contributed by atoms with Gasteiger partial charge in [-0.2, -0.15) is 0 Å². The zero-order valence-electron chi connectivity index (χ0n) is 17.9. The van der Waals surface area contributed by atoms with Gasteiger partial charge < -0.3 is 5.32 Å². The molecule has 0 saturated heterocycles. The number of carbonyl (C=O) groups excluding carboxylic acids is 1. The molecule has 0 fully saturated rings. The van der Waals surface area contributed by atoms with E-state index >= 15 is 0 Å². The first-order chi connectivity index (χ1) is 17.1. The molecule has 0 atom stereocenters. The van der Waals surface area contributed by atoms with Crippen molar-refractivity contribution in [2.45, 2.75) is 10.9 Å². The number of benzene rings is 2. The van der Waals surface area contributed by atoms with E-state index in [1.54, 1.807) is 58.7 Å². The average Bonchev–Trinajstić information content (AvgIpc) is 3.52. The Labute approximate surface area is 206 Å². The number of carbonyl (C=O) groups is 1. The second-order valence-electron chi connectivity index (χ2n) is 7.18. The zero-order valence-corrected chi connectivity index (χ0v) is 19.6. The van der Waals surface area contributed by atoms with Gasteiger partial charge in [0.1, 0.15) is 22.3 Å². The number of pyridine rings is 1. The van der Waals surface area contributed by atoms with Gasteiger partial charge in [-0.25, -0.2) is 13.8 Å². The molecule has 3 aromatic heterocycles. The van der Waals surface area contributed by atoms with Crippen LogP contribution in [0.25, 0.3) is 17.1 Å². The molecule has 35 heavy (non-hydrogen) atoms. The topological polar surface area (TPSA) is 85.6 Å². The summed E-state index contributed by atoms with van der Waals surface area (Å²) in [5, 5.41) is 13.8. The molecule has 2 aromatic carbocycles. The summed E-state index contributed by atoms with van der Waals surface area (Å²) in [6, 6.07) is 15.9. The number of hydrogen-bond acceptors (Lipinski definition) is 7. The smallest absolute Gasteiger partial charge is 0.275 e. The molecule has 0 aliphatic heterocycles. The normalized spacial score (nSPS) is 10.9. The van der Waals surface area contributed by atoms with E-state index in [0.717, 1.165) is 0 Å². The molecular formula is C24H16F2N6OS2. The number of para-hydroxylation sites is 2. The van der Waals surface area contributed by atoms with E-state index in [0.29, 0.717) is 33.0 Å². The van der Waals surface area contributed by atoms with E-state index in [9.17, 15) is 13.6 Å². The number of amides is 1. The van der Waals surface area contributed by atoms with Crippen molar-refractivity contribution >= 4 is 34.7 Å². The lowest BCUT2D eigenvalue weighted by atomic mass is 10.2. The van der Waals surface area contributed by atoms with Crippen molar-refractivity contribution in [3.8, 4) is 17.1 Å². The summed E-state index contributed by atoms with van der Waals surface area (Å²) in [7, 11) is 0. The quantitative estimate of drug-likeness (QED) is 0.289. The van der Waals surface area contributed by atoms with Gasteiger partial charge in [-0.05, 0) is 36.4 Å². The first kappa shape index (κ1) is 22.8. The Balaban J connectivity index is 1.38. The van der Waals surface area contributed by atoms with Gasteiger partial charge in [0.2, 0.25) is 0 Å². The number of hydrogen-bond donors (Lipinski definition) is 1. The molecule has 0 aliphatic rings. The Morgan fingerprint density at radius 1 is 1.00 bits per heavy atom. The van der Waals surface area contributed by atoms with Gasteiger partial charge in [0.15, 0.2) is 11.0 Å². The van der Waals surface area contributed by atoms with E-state index in [4.69, 9.17) is 0 Å². The Morgan fingerprint density at radius 2 is 1.80 bits per heavy atom. The van der Waals surface area contributed by atoms with Crippen LogP contribution in [0, 0.1) is 11.6 Å². The highest BCUT2D eigenvalue weighted by molar-refractivity contribution is 7.98. The fourth-order valence-corrected chi connectivity index (χ4v) is 4.99. The molecule has 0 aliphatic carbocycles. The SMILES string of the molecule is O=C(Nc1ccccc1F)c1csc(CSc2nnc(-c3cccnc3)n2-c2ccccc2F)n1. The van der Waals surface area contributed by atoms with Gasteiger partial charge in [0, 0.05) is 23.3 Å². The van der Waals surface area contributed by atoms with Gasteiger partial charge in [-0.15, -0.1) is 21.5 Å². The highest BCUT2D eigenvalue weighted by Gasteiger charge is 2.20. The summed E-state index contributed by atoms with van der Waals surface area (Å²) in [4.78, 5) is 21.0. The summed E-state index contributed by atoms with van der Waals surface area (Å²) in [5.74, 6) is -0.618. The number of nitrogens with one attached hydrogen (secondary N) is 1. The molecule has 11 heteroatoms. The van der Waals surface area contributed by atoms with E-state index in [1.807, 2.05) is 6.07 Å². The predicted molar refractivity (Wildman–Crippen MR) is 131 cm³/mol. The van der Waals surface area contributed by atoms with Crippen molar-refractivity contribution < 1.29 is 13.6 Å². The molecular weight excluding hydrogens is 490 g/mol. The zero-order chi connectivity index (χ0) is 24.2. The second-order valence-corrected chi connectivity index (χ2v) is 9.07. The summed E-state index contributed by atoms with van der Waals surface area (Å²) in [6.45, 7) is 0. The Morgan fingerprint density at radius 3 is 2.57 bits per heavy atom. The van der Waals surface area contributed by atoms with Gasteiger partial charge in [0.05, 0.1) is 17.1 Å². The van der Waals surface area contributed by atoms with E-state index in [2.05, 4.69) is 25.5 Å². The first-order valence-electron chi connectivity index (χ1n) is 10.3. The van der Waals surface area contributed by atoms with Crippen LogP contribution in [-0.2, 0) is 5.75 Å². The van der Waals surface area contributed by atoms with Gasteiger partial charge in [0.25, 0.3) is 5.91 Å². The maximum atomic E-state index is 14.7. The minimum absolute atomic E-state index is 0.0855. The van der Waals surface area contributed by atoms with Crippen molar-refractivity contribution in [2.75, 3.05) is 5.32 Å². The van der Waals surface area contributed by atoms with E-state index in [-0.39, 0.29) is 11.4 Å². The lowest BCUT2D eigenvalue weighted by molar-refractivity contribution is 0.102. The highest BCUT2D eigenvalue weighted by Crippen LogP contribution is 2.31. The molecule has 5 rings (SSSR count). The fraction of sp³-hybridized carbons (Fsp3) is 0.0417. The molecule has 0 saturated carbocycles. The van der Waals surface area contributed by atoms with Gasteiger partial charge in [-0.3, -0.25) is 14.3 Å². The molecule has 0 radical (unpaired) electrons. The van der Waals surface area contributed by atoms with Crippen LogP contribution >= 0.6 is 23.1 Å². The fourth-order valence-electron chi connectivity index (χ4n) is 3.25. The first-order valence-corrected chi connectivity index (χ1v) is 12.2. The Hall–Kier alpha value is -3.96. The Bertz CT molecular complexity index is 1490. The van der Waals surface area contributed by atoms with Crippen LogP contribution in [0.2, 0.25) is 0 Å². The molecule has 1 N–H and O–H groups in total. The van der Waals surface area contributed by atoms with Crippen LogP contribution in [0.1, 0.15) is 15.5 Å². The Kier molecular flexibility index (Phi) is 6.59. The summed E-state index contributed by atoms with van der Waals surface area (Å²) in [5.41, 5.74) is 1.27. The van der Waals surface area contributed by atoms with E-state index < -0.39 is 17.5 Å². The highest BCUT2D eigenvalue weighted by atomic mass is 32.2. The molecule has 174 valence electrons. The van der Waals surface area contributed by atoms with Crippen LogP contribution in [0.4, 0.5) is 14.5 Å². The lowest BCUT2D eigenvalue weighted by Crippen LogP contribution is -2.13. The number of halogens is 2. The third-order valence-corrected chi connectivity index (χ3v) is 6.85. The number of rotatable bonds is 7. The van der Waals surface area contributed by atoms with Crippen molar-refractivity contribution in [1.82, 2.24) is 24.7 Å². The van der Waals surface area contributed by atoms with Crippen LogP contribution < -0.4 is 5.32 Å². The maximum absolute atomic E-state index is 14.7. The van der Waals surface area contributed by atoms with Gasteiger partial charge >= 0.3 is 0 Å². The number of thiazole rings is 1. The van der Waals surface area contributed by atoms with Crippen molar-refractivity contribution in [3.63, 3.8) is 0 Å². The molecule has 5 aromatic rings. The number of aromatic nitrogens is 5. The maximum Gasteiger partial charge on any atom is 0.275 e. The van der Waals surface area contributed by atoms with Crippen LogP contribution in [-0.4, -0.2) is 30.6 Å².